The number of aromatic nitrogens is 5. The predicted molar refractivity (Wildman–Crippen MR) is 96.7 cm³/mol. The van der Waals surface area contributed by atoms with Gasteiger partial charge in [-0.05, 0) is 36.4 Å². The van der Waals surface area contributed by atoms with Crippen molar-refractivity contribution in [2.75, 3.05) is 0 Å². The lowest BCUT2D eigenvalue weighted by atomic mass is 10.3. The molecule has 0 saturated carbocycles. The van der Waals surface area contributed by atoms with Crippen LogP contribution in [0.25, 0.3) is 17.2 Å². The molecule has 0 aliphatic rings. The van der Waals surface area contributed by atoms with Gasteiger partial charge < -0.3 is 4.74 Å². The Labute approximate surface area is 152 Å². The lowest BCUT2D eigenvalue weighted by Crippen LogP contribution is -2.21. The normalized spacial score (nSPS) is 10.7. The fourth-order valence-corrected chi connectivity index (χ4v) is 2.51. The van der Waals surface area contributed by atoms with Crippen molar-refractivity contribution < 1.29 is 4.74 Å². The predicted octanol–water partition coefficient (Wildman–Crippen LogP) is 3.46. The number of nitrogens with zero attached hydrogens (tertiary/aromatic N) is 4. The Bertz CT molecular complexity index is 1080. The van der Waals surface area contributed by atoms with Gasteiger partial charge in [-0.3, -0.25) is 9.89 Å². The molecule has 0 saturated heterocycles. The third kappa shape index (κ3) is 3.20. The first-order valence-corrected chi connectivity index (χ1v) is 8.08. The first-order chi connectivity index (χ1) is 12.7. The monoisotopic (exact) mass is 365 g/mol. The lowest BCUT2D eigenvalue weighted by molar-refractivity contribution is 0.477. The number of benzene rings is 2. The molecule has 2 heterocycles. The largest absolute Gasteiger partial charge is 0.455 e. The van der Waals surface area contributed by atoms with Gasteiger partial charge in [-0.15, -0.1) is 0 Å². The number of nitrogens with one attached hydrogen (secondary N) is 1. The van der Waals surface area contributed by atoms with Gasteiger partial charge in [0.2, 0.25) is 5.82 Å². The molecular weight excluding hydrogens is 354 g/mol. The van der Waals surface area contributed by atoms with Gasteiger partial charge in [-0.1, -0.05) is 29.8 Å². The Morgan fingerprint density at radius 3 is 2.50 bits per heavy atom. The Kier molecular flexibility index (Phi) is 4.20. The van der Waals surface area contributed by atoms with E-state index in [1.165, 1.54) is 17.1 Å². The topological polar surface area (TPSA) is 85.7 Å². The number of para-hydroxylation sites is 1. The maximum absolute atomic E-state index is 12.6. The Morgan fingerprint density at radius 1 is 1.04 bits per heavy atom. The summed E-state index contributed by atoms with van der Waals surface area (Å²) in [6.07, 6.45) is 1.43. The van der Waals surface area contributed by atoms with Crippen molar-refractivity contribution in [3.05, 3.63) is 82.4 Å². The molecular formula is C18H12ClN5O2. The fourth-order valence-electron chi connectivity index (χ4n) is 2.38. The van der Waals surface area contributed by atoms with E-state index in [0.717, 1.165) is 0 Å². The zero-order valence-corrected chi connectivity index (χ0v) is 14.1. The maximum atomic E-state index is 12.6. The summed E-state index contributed by atoms with van der Waals surface area (Å²) in [4.78, 5) is 16.7. The minimum atomic E-state index is -0.334. The minimum absolute atomic E-state index is 0.254. The molecule has 8 heteroatoms. The number of hydrogen-bond acceptors (Lipinski definition) is 5. The van der Waals surface area contributed by atoms with Crippen LogP contribution >= 0.6 is 11.6 Å². The van der Waals surface area contributed by atoms with Crippen molar-refractivity contribution in [2.45, 2.75) is 0 Å². The number of halogens is 1. The third-order valence-electron chi connectivity index (χ3n) is 3.57. The molecule has 0 bridgehead atoms. The average molecular weight is 366 g/mol. The second-order valence-corrected chi connectivity index (χ2v) is 5.76. The lowest BCUT2D eigenvalue weighted by Gasteiger charge is -2.11. The molecule has 0 aliphatic carbocycles. The number of hydrogen-bond donors (Lipinski definition) is 1. The van der Waals surface area contributed by atoms with Crippen LogP contribution in [0.4, 0.5) is 0 Å². The van der Waals surface area contributed by atoms with Crippen LogP contribution in [0, 0.1) is 0 Å². The summed E-state index contributed by atoms with van der Waals surface area (Å²) in [5.41, 5.74) is 0.636. The first kappa shape index (κ1) is 16.0. The van der Waals surface area contributed by atoms with E-state index in [2.05, 4.69) is 20.3 Å². The van der Waals surface area contributed by atoms with E-state index < -0.39 is 0 Å². The average Bonchev–Trinajstić information content (AvgIpc) is 3.19. The quantitative estimate of drug-likeness (QED) is 0.598. The van der Waals surface area contributed by atoms with Gasteiger partial charge >= 0.3 is 0 Å². The van der Waals surface area contributed by atoms with Crippen molar-refractivity contribution in [1.29, 1.82) is 0 Å². The Balaban J connectivity index is 1.84. The van der Waals surface area contributed by atoms with Crippen LogP contribution in [0.2, 0.25) is 5.02 Å². The highest BCUT2D eigenvalue weighted by Crippen LogP contribution is 2.29. The number of rotatable bonds is 4. The second kappa shape index (κ2) is 6.81. The number of H-pyrrole nitrogens is 1. The van der Waals surface area contributed by atoms with Crippen LogP contribution in [0.15, 0.2) is 71.8 Å². The van der Waals surface area contributed by atoms with Crippen LogP contribution < -0.4 is 10.3 Å². The molecule has 4 aromatic rings. The Hall–Kier alpha value is -3.45. The van der Waals surface area contributed by atoms with Crippen molar-refractivity contribution in [2.24, 2.45) is 0 Å². The summed E-state index contributed by atoms with van der Waals surface area (Å²) in [7, 11) is 0. The molecule has 0 spiro atoms. The smallest absolute Gasteiger partial charge is 0.275 e. The highest BCUT2D eigenvalue weighted by Gasteiger charge is 2.17. The van der Waals surface area contributed by atoms with E-state index in [1.807, 2.05) is 18.2 Å². The maximum Gasteiger partial charge on any atom is 0.275 e. The molecule has 4 rings (SSSR count). The first-order valence-electron chi connectivity index (χ1n) is 7.70. The van der Waals surface area contributed by atoms with Crippen LogP contribution in [-0.2, 0) is 0 Å². The molecule has 0 radical (unpaired) electrons. The number of aromatic amines is 1. The zero-order chi connectivity index (χ0) is 17.9. The van der Waals surface area contributed by atoms with Gasteiger partial charge in [0.05, 0.1) is 11.8 Å². The van der Waals surface area contributed by atoms with Gasteiger partial charge in [0.15, 0.2) is 11.4 Å². The number of ether oxygens (including phenoxy) is 1. The second-order valence-electron chi connectivity index (χ2n) is 5.32. The fraction of sp³-hybridized carbons (Fsp3) is 0. The molecule has 0 fully saturated rings. The summed E-state index contributed by atoms with van der Waals surface area (Å²) >= 11 is 5.90. The van der Waals surface area contributed by atoms with Crippen LogP contribution in [0.1, 0.15) is 0 Å². The van der Waals surface area contributed by atoms with E-state index in [0.29, 0.717) is 28.0 Å². The molecule has 0 atom stereocenters. The molecule has 7 nitrogen and oxygen atoms in total. The molecule has 26 heavy (non-hydrogen) atoms. The summed E-state index contributed by atoms with van der Waals surface area (Å²) in [6.45, 7) is 0. The molecule has 2 aromatic heterocycles. The van der Waals surface area contributed by atoms with Gasteiger partial charge in [0.1, 0.15) is 12.1 Å². The molecule has 128 valence electrons. The van der Waals surface area contributed by atoms with E-state index in [9.17, 15) is 4.79 Å². The van der Waals surface area contributed by atoms with E-state index in [4.69, 9.17) is 16.3 Å². The minimum Gasteiger partial charge on any atom is -0.455 e. The van der Waals surface area contributed by atoms with Gasteiger partial charge in [0.25, 0.3) is 5.56 Å². The molecule has 1 N–H and O–H groups in total. The summed E-state index contributed by atoms with van der Waals surface area (Å²) in [5.74, 6) is 1.09. The standard InChI is InChI=1S/C18H12ClN5O2/c19-12-6-8-14(9-7-12)26-15-10-16(25)24(13-4-2-1-3-5-13)23-17(15)18-20-11-21-22-18/h1-11H,(H,20,21,22). The molecule has 0 aliphatic heterocycles. The molecule has 2 aromatic carbocycles. The van der Waals surface area contributed by atoms with Crippen LogP contribution in [0.5, 0.6) is 11.5 Å². The van der Waals surface area contributed by atoms with Gasteiger partial charge in [0, 0.05) is 5.02 Å². The van der Waals surface area contributed by atoms with Crippen molar-refractivity contribution in [3.63, 3.8) is 0 Å². The van der Waals surface area contributed by atoms with Gasteiger partial charge in [-0.25, -0.2) is 4.98 Å². The Morgan fingerprint density at radius 2 is 1.81 bits per heavy atom. The van der Waals surface area contributed by atoms with Gasteiger partial charge in [-0.2, -0.15) is 14.9 Å². The van der Waals surface area contributed by atoms with Crippen molar-refractivity contribution in [3.8, 4) is 28.7 Å². The summed E-state index contributed by atoms with van der Waals surface area (Å²) in [5, 5.41) is 11.7. The SMILES string of the molecule is O=c1cc(Oc2ccc(Cl)cc2)c(-c2nc[nH]n2)nn1-c1ccccc1. The summed E-state index contributed by atoms with van der Waals surface area (Å²) < 4.78 is 7.11. The highest BCUT2D eigenvalue weighted by atomic mass is 35.5. The molecule has 0 unspecified atom stereocenters. The van der Waals surface area contributed by atoms with Crippen LogP contribution in [0.3, 0.4) is 0 Å². The van der Waals surface area contributed by atoms with E-state index in [-0.39, 0.29) is 11.3 Å². The van der Waals surface area contributed by atoms with Crippen molar-refractivity contribution in [1.82, 2.24) is 25.0 Å². The molecule has 0 amide bonds. The van der Waals surface area contributed by atoms with Crippen molar-refractivity contribution >= 4 is 11.6 Å². The summed E-state index contributed by atoms with van der Waals surface area (Å²) in [6, 6.07) is 17.3. The third-order valence-corrected chi connectivity index (χ3v) is 3.82. The van der Waals surface area contributed by atoms with Crippen LogP contribution in [-0.4, -0.2) is 25.0 Å². The zero-order valence-electron chi connectivity index (χ0n) is 13.3. The highest BCUT2D eigenvalue weighted by molar-refractivity contribution is 6.30. The van der Waals surface area contributed by atoms with E-state index >= 15 is 0 Å². The van der Waals surface area contributed by atoms with E-state index in [1.54, 1.807) is 36.4 Å².